The third-order valence-corrected chi connectivity index (χ3v) is 3.89. The molecule has 0 unspecified atom stereocenters. The summed E-state index contributed by atoms with van der Waals surface area (Å²) in [4.78, 5) is 0. The van der Waals surface area contributed by atoms with Gasteiger partial charge in [-0.2, -0.15) is 0 Å². The average Bonchev–Trinajstić information content (AvgIpc) is 2.02. The molecule has 1 heterocycles. The van der Waals surface area contributed by atoms with Gasteiger partial charge in [0, 0.05) is 5.92 Å². The first-order valence-corrected chi connectivity index (χ1v) is 5.35. The van der Waals surface area contributed by atoms with Crippen molar-refractivity contribution in [2.24, 2.45) is 11.8 Å². The first-order valence-electron chi connectivity index (χ1n) is 5.35. The molecule has 2 rings (SSSR count). The molecular formula is C12H20O. The van der Waals surface area contributed by atoms with Gasteiger partial charge in [0.05, 0.1) is 11.7 Å². The maximum absolute atomic E-state index is 6.07. The van der Waals surface area contributed by atoms with Crippen LogP contribution in [-0.2, 0) is 4.74 Å². The summed E-state index contributed by atoms with van der Waals surface area (Å²) in [6.45, 7) is 8.93. The van der Waals surface area contributed by atoms with Gasteiger partial charge < -0.3 is 4.74 Å². The molecule has 0 saturated carbocycles. The summed E-state index contributed by atoms with van der Waals surface area (Å²) in [7, 11) is 0. The molecule has 0 radical (unpaired) electrons. The Balaban J connectivity index is 2.27. The van der Waals surface area contributed by atoms with E-state index < -0.39 is 0 Å². The van der Waals surface area contributed by atoms with Crippen molar-refractivity contribution in [2.75, 3.05) is 0 Å². The Labute approximate surface area is 81.2 Å². The van der Waals surface area contributed by atoms with E-state index in [2.05, 4.69) is 33.8 Å². The quantitative estimate of drug-likeness (QED) is 0.520. The van der Waals surface area contributed by atoms with Crippen LogP contribution in [0.25, 0.3) is 0 Å². The molecule has 13 heavy (non-hydrogen) atoms. The van der Waals surface area contributed by atoms with Crippen LogP contribution in [0.1, 0.15) is 40.5 Å². The van der Waals surface area contributed by atoms with Crippen molar-refractivity contribution in [3.05, 3.63) is 11.6 Å². The van der Waals surface area contributed by atoms with E-state index in [9.17, 15) is 0 Å². The Kier molecular flexibility index (Phi) is 2.03. The van der Waals surface area contributed by atoms with E-state index in [-0.39, 0.29) is 5.60 Å². The summed E-state index contributed by atoms with van der Waals surface area (Å²) in [5.41, 5.74) is 1.63. The Morgan fingerprint density at radius 2 is 2.15 bits per heavy atom. The lowest BCUT2D eigenvalue weighted by Crippen LogP contribution is -2.48. The maximum atomic E-state index is 6.07. The SMILES string of the molecule is CC1=CC[C@H]2C[C@@H]1[C@H](C)OC2(C)C. The van der Waals surface area contributed by atoms with E-state index in [1.54, 1.807) is 5.57 Å². The van der Waals surface area contributed by atoms with E-state index in [0.29, 0.717) is 12.0 Å². The molecule has 1 aliphatic heterocycles. The highest BCUT2D eigenvalue weighted by molar-refractivity contribution is 5.14. The lowest BCUT2D eigenvalue weighted by atomic mass is 9.70. The molecule has 0 N–H and O–H groups in total. The van der Waals surface area contributed by atoms with Crippen LogP contribution in [0.3, 0.4) is 0 Å². The van der Waals surface area contributed by atoms with Crippen molar-refractivity contribution >= 4 is 0 Å². The predicted molar refractivity (Wildman–Crippen MR) is 54.6 cm³/mol. The molecule has 2 bridgehead atoms. The van der Waals surface area contributed by atoms with Crippen molar-refractivity contribution in [3.63, 3.8) is 0 Å². The zero-order valence-electron chi connectivity index (χ0n) is 9.13. The molecule has 2 aliphatic rings. The van der Waals surface area contributed by atoms with Crippen molar-refractivity contribution in [3.8, 4) is 0 Å². The number of hydrogen-bond acceptors (Lipinski definition) is 1. The van der Waals surface area contributed by atoms with Gasteiger partial charge in [-0.3, -0.25) is 0 Å². The van der Waals surface area contributed by atoms with Gasteiger partial charge in [-0.25, -0.2) is 0 Å². The Morgan fingerprint density at radius 3 is 2.85 bits per heavy atom. The second-order valence-electron chi connectivity index (χ2n) is 5.15. The smallest absolute Gasteiger partial charge is 0.0661 e. The molecule has 1 heteroatoms. The van der Waals surface area contributed by atoms with Gasteiger partial charge in [0.25, 0.3) is 0 Å². The minimum absolute atomic E-state index is 0.0904. The van der Waals surface area contributed by atoms with Crippen molar-refractivity contribution in [2.45, 2.75) is 52.2 Å². The third-order valence-electron chi connectivity index (χ3n) is 3.89. The Bertz CT molecular complexity index is 240. The molecule has 1 aliphatic carbocycles. The molecule has 1 nitrogen and oxygen atoms in total. The summed E-state index contributed by atoms with van der Waals surface area (Å²) in [5.74, 6) is 1.42. The third kappa shape index (κ3) is 1.43. The highest BCUT2D eigenvalue weighted by atomic mass is 16.5. The minimum Gasteiger partial charge on any atom is -0.372 e. The standard InChI is InChI=1S/C12H20O/c1-8-5-6-10-7-11(8)9(2)13-12(10,3)4/h5,9-11H,6-7H2,1-4H3/t9-,10-,11-/m0/s1. The Hall–Kier alpha value is -0.300. The van der Waals surface area contributed by atoms with Crippen LogP contribution in [0.2, 0.25) is 0 Å². The topological polar surface area (TPSA) is 9.23 Å². The molecule has 0 aromatic rings. The summed E-state index contributed by atoms with van der Waals surface area (Å²) in [6.07, 6.45) is 5.36. The fourth-order valence-corrected chi connectivity index (χ4v) is 2.86. The molecule has 3 atom stereocenters. The van der Waals surface area contributed by atoms with Crippen LogP contribution in [0, 0.1) is 11.8 Å². The summed E-state index contributed by atoms with van der Waals surface area (Å²) in [6, 6.07) is 0. The lowest BCUT2D eigenvalue weighted by Gasteiger charge is -2.48. The zero-order chi connectivity index (χ0) is 9.64. The number of ether oxygens (including phenoxy) is 1. The minimum atomic E-state index is 0.0904. The van der Waals surface area contributed by atoms with Gasteiger partial charge in [0.2, 0.25) is 0 Å². The normalized spacial score (nSPS) is 42.8. The second kappa shape index (κ2) is 2.84. The molecule has 1 fully saturated rings. The second-order valence-corrected chi connectivity index (χ2v) is 5.15. The molecule has 0 aromatic heterocycles. The summed E-state index contributed by atoms with van der Waals surface area (Å²) in [5, 5.41) is 0. The van der Waals surface area contributed by atoms with E-state index >= 15 is 0 Å². The van der Waals surface area contributed by atoms with Gasteiger partial charge in [0.1, 0.15) is 0 Å². The predicted octanol–water partition coefficient (Wildman–Crippen LogP) is 3.16. The van der Waals surface area contributed by atoms with Crippen LogP contribution in [0.15, 0.2) is 11.6 Å². The Morgan fingerprint density at radius 1 is 1.46 bits per heavy atom. The monoisotopic (exact) mass is 180 g/mol. The van der Waals surface area contributed by atoms with Crippen LogP contribution in [-0.4, -0.2) is 11.7 Å². The number of hydrogen-bond donors (Lipinski definition) is 0. The van der Waals surface area contributed by atoms with Crippen molar-refractivity contribution in [1.82, 2.24) is 0 Å². The summed E-state index contributed by atoms with van der Waals surface area (Å²) >= 11 is 0. The van der Waals surface area contributed by atoms with Gasteiger partial charge in [0.15, 0.2) is 0 Å². The van der Waals surface area contributed by atoms with Crippen molar-refractivity contribution < 1.29 is 4.74 Å². The zero-order valence-corrected chi connectivity index (χ0v) is 9.13. The molecule has 0 amide bonds. The van der Waals surface area contributed by atoms with E-state index in [4.69, 9.17) is 4.74 Å². The molecule has 0 spiro atoms. The van der Waals surface area contributed by atoms with E-state index in [1.807, 2.05) is 0 Å². The fourth-order valence-electron chi connectivity index (χ4n) is 2.86. The number of fused-ring (bicyclic) bond motifs is 2. The van der Waals surface area contributed by atoms with E-state index in [0.717, 1.165) is 5.92 Å². The molecule has 74 valence electrons. The molecule has 1 saturated heterocycles. The first-order chi connectivity index (χ1) is 6.00. The van der Waals surface area contributed by atoms with Gasteiger partial charge >= 0.3 is 0 Å². The largest absolute Gasteiger partial charge is 0.372 e. The highest BCUT2D eigenvalue weighted by Crippen LogP contribution is 2.44. The lowest BCUT2D eigenvalue weighted by molar-refractivity contribution is -0.156. The average molecular weight is 180 g/mol. The molecule has 0 aromatic carbocycles. The first kappa shape index (κ1) is 9.26. The molecular weight excluding hydrogens is 160 g/mol. The summed E-state index contributed by atoms with van der Waals surface area (Å²) < 4.78 is 6.07. The number of allylic oxidation sites excluding steroid dienone is 1. The highest BCUT2D eigenvalue weighted by Gasteiger charge is 2.42. The number of rotatable bonds is 0. The van der Waals surface area contributed by atoms with E-state index in [1.165, 1.54) is 12.8 Å². The maximum Gasteiger partial charge on any atom is 0.0661 e. The van der Waals surface area contributed by atoms with Crippen molar-refractivity contribution in [1.29, 1.82) is 0 Å². The van der Waals surface area contributed by atoms with Gasteiger partial charge in [-0.05, 0) is 46.5 Å². The van der Waals surface area contributed by atoms with Crippen LogP contribution in [0.4, 0.5) is 0 Å². The van der Waals surface area contributed by atoms with Gasteiger partial charge in [-0.1, -0.05) is 11.6 Å². The fraction of sp³-hybridized carbons (Fsp3) is 0.833. The van der Waals surface area contributed by atoms with Gasteiger partial charge in [-0.15, -0.1) is 0 Å². The van der Waals surface area contributed by atoms with Crippen LogP contribution >= 0.6 is 0 Å². The van der Waals surface area contributed by atoms with Crippen LogP contribution < -0.4 is 0 Å². The van der Waals surface area contributed by atoms with Crippen LogP contribution in [0.5, 0.6) is 0 Å².